The smallest absolute Gasteiger partial charge is 0.471 e. The van der Waals surface area contributed by atoms with Gasteiger partial charge in [0.25, 0.3) is 5.91 Å². The second kappa shape index (κ2) is 8.17. The van der Waals surface area contributed by atoms with E-state index >= 15 is 0 Å². The number of amides is 1. The zero-order chi connectivity index (χ0) is 19.6. The Labute approximate surface area is 163 Å². The highest BCUT2D eigenvalue weighted by Crippen LogP contribution is 2.29. The molecule has 0 aliphatic heterocycles. The first kappa shape index (κ1) is 21.0. The molecule has 1 amide bonds. The molecule has 0 bridgehead atoms. The van der Waals surface area contributed by atoms with Gasteiger partial charge in [-0.3, -0.25) is 4.79 Å². The lowest BCUT2D eigenvalue weighted by molar-refractivity contribution is -0.159. The zero-order valence-electron chi connectivity index (χ0n) is 14.3. The predicted octanol–water partition coefficient (Wildman–Crippen LogP) is 4.02. The van der Waals surface area contributed by atoms with E-state index in [-0.39, 0.29) is 29.4 Å². The number of anilines is 2. The number of carbonyl (C=O) groups excluding carboxylic acids is 1. The number of nitrogens with two attached hydrogens (primary N) is 1. The second-order valence-corrected chi connectivity index (χ2v) is 5.41. The van der Waals surface area contributed by atoms with E-state index in [0.29, 0.717) is 17.1 Å². The number of halogens is 4. The average Bonchev–Trinajstić information content (AvgIpc) is 3.14. The SMILES string of the molecule is COc1ccc(N)c(NC(=O)c2ccc(-c3noc(C(F)(F)F)n3)cc2)c1.Cl. The van der Waals surface area contributed by atoms with E-state index in [1.807, 2.05) is 0 Å². The summed E-state index contributed by atoms with van der Waals surface area (Å²) in [7, 11) is 1.48. The van der Waals surface area contributed by atoms with E-state index < -0.39 is 18.0 Å². The minimum Gasteiger partial charge on any atom is -0.497 e. The van der Waals surface area contributed by atoms with Crippen molar-refractivity contribution in [2.45, 2.75) is 6.18 Å². The van der Waals surface area contributed by atoms with Crippen LogP contribution in [0.15, 0.2) is 47.0 Å². The number of ether oxygens (including phenoxy) is 1. The number of nitrogens with one attached hydrogen (secondary N) is 1. The van der Waals surface area contributed by atoms with Gasteiger partial charge in [-0.25, -0.2) is 0 Å². The highest BCUT2D eigenvalue weighted by molar-refractivity contribution is 6.06. The lowest BCUT2D eigenvalue weighted by Gasteiger charge is -2.10. The molecule has 0 unspecified atom stereocenters. The summed E-state index contributed by atoms with van der Waals surface area (Å²) in [5.74, 6) is -1.60. The fourth-order valence-electron chi connectivity index (χ4n) is 2.19. The van der Waals surface area contributed by atoms with Crippen LogP contribution in [0, 0.1) is 0 Å². The summed E-state index contributed by atoms with van der Waals surface area (Å²) in [6, 6.07) is 10.5. The number of carbonyl (C=O) groups is 1. The molecule has 0 aliphatic rings. The predicted molar refractivity (Wildman–Crippen MR) is 97.3 cm³/mol. The molecule has 0 fully saturated rings. The van der Waals surface area contributed by atoms with Gasteiger partial charge in [-0.15, -0.1) is 12.4 Å². The van der Waals surface area contributed by atoms with Crippen LogP contribution in [0.2, 0.25) is 0 Å². The molecule has 3 N–H and O–H groups in total. The Morgan fingerprint density at radius 1 is 1.18 bits per heavy atom. The maximum atomic E-state index is 12.5. The summed E-state index contributed by atoms with van der Waals surface area (Å²) < 4.78 is 46.8. The number of nitrogen functional groups attached to an aromatic ring is 1. The summed E-state index contributed by atoms with van der Waals surface area (Å²) in [5.41, 5.74) is 7.08. The number of aromatic nitrogens is 2. The minimum atomic E-state index is -4.72. The summed E-state index contributed by atoms with van der Waals surface area (Å²) in [4.78, 5) is 15.6. The van der Waals surface area contributed by atoms with Crippen LogP contribution >= 0.6 is 12.4 Å². The molecule has 0 radical (unpaired) electrons. The summed E-state index contributed by atoms with van der Waals surface area (Å²) >= 11 is 0. The zero-order valence-corrected chi connectivity index (χ0v) is 15.1. The van der Waals surface area contributed by atoms with Crippen LogP contribution in [0.1, 0.15) is 16.2 Å². The Kier molecular flexibility index (Phi) is 6.14. The highest BCUT2D eigenvalue weighted by Gasteiger charge is 2.38. The van der Waals surface area contributed by atoms with E-state index in [1.54, 1.807) is 18.2 Å². The van der Waals surface area contributed by atoms with Crippen LogP contribution in [0.3, 0.4) is 0 Å². The molecule has 148 valence electrons. The first-order valence-corrected chi connectivity index (χ1v) is 7.54. The highest BCUT2D eigenvalue weighted by atomic mass is 35.5. The molecule has 1 heterocycles. The van der Waals surface area contributed by atoms with Crippen LogP contribution in [0.5, 0.6) is 5.75 Å². The van der Waals surface area contributed by atoms with Crippen molar-refractivity contribution in [2.24, 2.45) is 0 Å². The van der Waals surface area contributed by atoms with Gasteiger partial charge in [0.15, 0.2) is 0 Å². The van der Waals surface area contributed by atoms with Gasteiger partial charge in [0.05, 0.1) is 18.5 Å². The van der Waals surface area contributed by atoms with Crippen LogP contribution < -0.4 is 15.8 Å². The van der Waals surface area contributed by atoms with E-state index in [9.17, 15) is 18.0 Å². The van der Waals surface area contributed by atoms with Crippen molar-refractivity contribution in [3.8, 4) is 17.1 Å². The third-order valence-corrected chi connectivity index (χ3v) is 3.58. The molecule has 28 heavy (non-hydrogen) atoms. The Morgan fingerprint density at radius 2 is 1.86 bits per heavy atom. The maximum Gasteiger partial charge on any atom is 0.471 e. The summed E-state index contributed by atoms with van der Waals surface area (Å²) in [5, 5.41) is 5.93. The molecule has 1 aromatic heterocycles. The molecule has 3 rings (SSSR count). The average molecular weight is 415 g/mol. The van der Waals surface area contributed by atoms with Crippen LogP contribution in [0.25, 0.3) is 11.4 Å². The number of alkyl halides is 3. The second-order valence-electron chi connectivity index (χ2n) is 5.41. The molecular formula is C17H14ClF3N4O3. The van der Waals surface area contributed by atoms with Crippen molar-refractivity contribution in [3.63, 3.8) is 0 Å². The van der Waals surface area contributed by atoms with Crippen LogP contribution in [-0.2, 0) is 6.18 Å². The van der Waals surface area contributed by atoms with E-state index in [0.717, 1.165) is 0 Å². The van der Waals surface area contributed by atoms with Gasteiger partial charge in [-0.2, -0.15) is 18.2 Å². The van der Waals surface area contributed by atoms with Crippen LogP contribution in [-0.4, -0.2) is 23.2 Å². The van der Waals surface area contributed by atoms with Gasteiger partial charge in [0, 0.05) is 17.2 Å². The monoisotopic (exact) mass is 414 g/mol. The molecule has 7 nitrogen and oxygen atoms in total. The van der Waals surface area contributed by atoms with Crippen LogP contribution in [0.4, 0.5) is 24.5 Å². The topological polar surface area (TPSA) is 103 Å². The summed E-state index contributed by atoms with van der Waals surface area (Å²) in [6.07, 6.45) is -4.72. The van der Waals surface area contributed by atoms with E-state index in [4.69, 9.17) is 10.5 Å². The Bertz CT molecular complexity index is 975. The lowest BCUT2D eigenvalue weighted by atomic mass is 10.1. The van der Waals surface area contributed by atoms with Gasteiger partial charge in [-0.1, -0.05) is 17.3 Å². The molecule has 0 saturated heterocycles. The molecule has 0 saturated carbocycles. The van der Waals surface area contributed by atoms with E-state index in [1.165, 1.54) is 31.4 Å². The molecule has 11 heteroatoms. The number of nitrogens with zero attached hydrogens (tertiary/aromatic N) is 2. The number of hydrogen-bond donors (Lipinski definition) is 2. The standard InChI is InChI=1S/C17H13F3N4O3.ClH/c1-26-11-6-7-12(21)13(8-11)22-15(25)10-4-2-9(3-5-10)14-23-16(27-24-14)17(18,19)20;/h2-8H,21H2,1H3,(H,22,25);1H. The number of benzene rings is 2. The van der Waals surface area contributed by atoms with Crippen molar-refractivity contribution < 1.29 is 27.2 Å². The third-order valence-electron chi connectivity index (χ3n) is 3.58. The van der Waals surface area contributed by atoms with Crippen molar-refractivity contribution >= 4 is 29.7 Å². The Hall–Kier alpha value is -3.27. The quantitative estimate of drug-likeness (QED) is 0.625. The van der Waals surface area contributed by atoms with Gasteiger partial charge in [0.1, 0.15) is 5.75 Å². The van der Waals surface area contributed by atoms with Gasteiger partial charge in [0.2, 0.25) is 5.82 Å². The Morgan fingerprint density at radius 3 is 2.43 bits per heavy atom. The first-order valence-electron chi connectivity index (χ1n) is 7.54. The fourth-order valence-corrected chi connectivity index (χ4v) is 2.19. The van der Waals surface area contributed by atoms with E-state index in [2.05, 4.69) is 20.0 Å². The molecule has 0 atom stereocenters. The fraction of sp³-hybridized carbons (Fsp3) is 0.118. The van der Waals surface area contributed by atoms with Crippen molar-refractivity contribution in [2.75, 3.05) is 18.2 Å². The van der Waals surface area contributed by atoms with Crippen molar-refractivity contribution in [1.29, 1.82) is 0 Å². The molecule has 3 aromatic rings. The maximum absolute atomic E-state index is 12.5. The number of hydrogen-bond acceptors (Lipinski definition) is 6. The Balaban J connectivity index is 0.00000280. The summed E-state index contributed by atoms with van der Waals surface area (Å²) in [6.45, 7) is 0. The lowest BCUT2D eigenvalue weighted by Crippen LogP contribution is -2.13. The first-order chi connectivity index (χ1) is 12.8. The normalized spacial score (nSPS) is 10.9. The minimum absolute atomic E-state index is 0. The van der Waals surface area contributed by atoms with Crippen molar-refractivity contribution in [1.82, 2.24) is 10.1 Å². The third kappa shape index (κ3) is 4.52. The number of methoxy groups -OCH3 is 1. The molecule has 2 aromatic carbocycles. The largest absolute Gasteiger partial charge is 0.497 e. The molecule has 0 spiro atoms. The van der Waals surface area contributed by atoms with Crippen molar-refractivity contribution in [3.05, 3.63) is 53.9 Å². The van der Waals surface area contributed by atoms with Gasteiger partial charge in [-0.05, 0) is 24.3 Å². The molecular weight excluding hydrogens is 401 g/mol. The number of rotatable bonds is 4. The van der Waals surface area contributed by atoms with Gasteiger partial charge < -0.3 is 20.3 Å². The van der Waals surface area contributed by atoms with Gasteiger partial charge >= 0.3 is 12.1 Å². The molecule has 0 aliphatic carbocycles.